The molecule has 0 saturated carbocycles. The molecule has 0 radical (unpaired) electrons. The van der Waals surface area contributed by atoms with E-state index in [4.69, 9.17) is 9.68 Å². The second kappa shape index (κ2) is 5.83. The molecule has 8 nitrogen and oxygen atoms in total. The quantitative estimate of drug-likeness (QED) is 0.844. The van der Waals surface area contributed by atoms with Crippen molar-refractivity contribution >= 4 is 17.8 Å². The molecule has 1 N–H and O–H groups in total. The molecule has 0 aliphatic heterocycles. The lowest BCUT2D eigenvalue weighted by Crippen LogP contribution is -2.14. The number of hydrogen-bond donors (Lipinski definition) is 1. The zero-order chi connectivity index (χ0) is 15.4. The minimum Gasteiger partial charge on any atom is -0.465 e. The number of furan rings is 1. The summed E-state index contributed by atoms with van der Waals surface area (Å²) in [5.74, 6) is -1.28. The molecular weight excluding hydrogens is 276 g/mol. The van der Waals surface area contributed by atoms with Gasteiger partial charge >= 0.3 is 5.97 Å². The first-order valence-corrected chi connectivity index (χ1v) is 5.77. The first kappa shape index (κ1) is 14.2. The molecule has 0 aliphatic carbocycles. The first-order valence-electron chi connectivity index (χ1n) is 5.77. The van der Waals surface area contributed by atoms with Gasteiger partial charge in [-0.25, -0.2) is 9.78 Å². The largest absolute Gasteiger partial charge is 0.465 e. The van der Waals surface area contributed by atoms with Gasteiger partial charge < -0.3 is 9.15 Å². The van der Waals surface area contributed by atoms with Gasteiger partial charge in [-0.1, -0.05) is 0 Å². The van der Waals surface area contributed by atoms with Gasteiger partial charge in [0.05, 0.1) is 13.3 Å². The fraction of sp³-hybridized carbons (Fsp3) is 0.154. The van der Waals surface area contributed by atoms with E-state index in [2.05, 4.69) is 20.0 Å². The van der Waals surface area contributed by atoms with Gasteiger partial charge in [0, 0.05) is 12.4 Å². The molecule has 21 heavy (non-hydrogen) atoms. The topological polar surface area (TPSA) is 118 Å². The lowest BCUT2D eigenvalue weighted by atomic mass is 10.1. The Morgan fingerprint density at radius 2 is 2.19 bits per heavy atom. The van der Waals surface area contributed by atoms with Gasteiger partial charge in [0.1, 0.15) is 28.7 Å². The van der Waals surface area contributed by atoms with Crippen molar-refractivity contribution in [3.05, 3.63) is 41.2 Å². The molecule has 2 heterocycles. The number of nitriles is 1. The van der Waals surface area contributed by atoms with Gasteiger partial charge in [0.25, 0.3) is 5.91 Å². The fourth-order valence-corrected chi connectivity index (χ4v) is 1.67. The van der Waals surface area contributed by atoms with Crippen LogP contribution in [0.15, 0.2) is 23.0 Å². The molecule has 8 heteroatoms. The molecular formula is C13H10N4O4. The summed E-state index contributed by atoms with van der Waals surface area (Å²) in [6.07, 6.45) is 4.04. The minimum absolute atomic E-state index is 0.0190. The molecule has 2 aromatic heterocycles. The number of carbonyl (C=O) groups is 2. The van der Waals surface area contributed by atoms with Crippen LogP contribution in [0.2, 0.25) is 0 Å². The predicted molar refractivity (Wildman–Crippen MR) is 69.5 cm³/mol. The summed E-state index contributed by atoms with van der Waals surface area (Å²) in [5, 5.41) is 11.5. The van der Waals surface area contributed by atoms with Crippen LogP contribution in [0.4, 0.5) is 5.88 Å². The van der Waals surface area contributed by atoms with Crippen LogP contribution in [0, 0.1) is 18.3 Å². The number of rotatable bonds is 3. The molecule has 0 aromatic carbocycles. The summed E-state index contributed by atoms with van der Waals surface area (Å²) in [6, 6.07) is 1.81. The van der Waals surface area contributed by atoms with Crippen LogP contribution in [0.5, 0.6) is 0 Å². The van der Waals surface area contributed by atoms with Gasteiger partial charge in [-0.3, -0.25) is 15.1 Å². The second-order valence-electron chi connectivity index (χ2n) is 3.89. The highest BCUT2D eigenvalue weighted by atomic mass is 16.5. The number of methoxy groups -OCH3 is 1. The van der Waals surface area contributed by atoms with E-state index < -0.39 is 11.9 Å². The number of aryl methyl sites for hydroxylation is 1. The number of hydrogen-bond acceptors (Lipinski definition) is 7. The third kappa shape index (κ3) is 2.71. The van der Waals surface area contributed by atoms with Crippen LogP contribution in [0.25, 0.3) is 0 Å². The van der Waals surface area contributed by atoms with E-state index in [1.54, 1.807) is 0 Å². The molecule has 0 bridgehead atoms. The van der Waals surface area contributed by atoms with Gasteiger partial charge in [0.15, 0.2) is 0 Å². The van der Waals surface area contributed by atoms with Crippen LogP contribution in [0.3, 0.4) is 0 Å². The van der Waals surface area contributed by atoms with E-state index in [1.807, 2.05) is 6.07 Å². The maximum absolute atomic E-state index is 11.9. The molecule has 0 unspecified atom stereocenters. The van der Waals surface area contributed by atoms with Crippen molar-refractivity contribution in [3.8, 4) is 6.07 Å². The Hall–Kier alpha value is -3.21. The van der Waals surface area contributed by atoms with Crippen LogP contribution < -0.4 is 5.32 Å². The molecule has 0 fully saturated rings. The lowest BCUT2D eigenvalue weighted by Gasteiger charge is -2.01. The lowest BCUT2D eigenvalue weighted by molar-refractivity contribution is 0.0598. The maximum Gasteiger partial charge on any atom is 0.342 e. The second-order valence-corrected chi connectivity index (χ2v) is 3.89. The van der Waals surface area contributed by atoms with Crippen LogP contribution in [-0.4, -0.2) is 29.0 Å². The SMILES string of the molecule is COC(=O)c1c(C)oc(NC(=O)c2cnccn2)c1C#N. The number of nitrogens with zero attached hydrogens (tertiary/aromatic N) is 3. The van der Waals surface area contributed by atoms with Gasteiger partial charge in [0.2, 0.25) is 5.88 Å². The van der Waals surface area contributed by atoms with E-state index in [-0.39, 0.29) is 28.5 Å². The summed E-state index contributed by atoms with van der Waals surface area (Å²) in [5.41, 5.74) is -0.0684. The smallest absolute Gasteiger partial charge is 0.342 e. The molecule has 0 saturated heterocycles. The maximum atomic E-state index is 11.9. The fourth-order valence-electron chi connectivity index (χ4n) is 1.67. The summed E-state index contributed by atoms with van der Waals surface area (Å²) in [6.45, 7) is 1.49. The van der Waals surface area contributed by atoms with Crippen molar-refractivity contribution in [2.24, 2.45) is 0 Å². The number of aromatic nitrogens is 2. The van der Waals surface area contributed by atoms with Crippen molar-refractivity contribution in [2.45, 2.75) is 6.92 Å². The molecule has 2 rings (SSSR count). The zero-order valence-corrected chi connectivity index (χ0v) is 11.2. The minimum atomic E-state index is -0.715. The zero-order valence-electron chi connectivity index (χ0n) is 11.2. The Kier molecular flexibility index (Phi) is 3.95. The van der Waals surface area contributed by atoms with E-state index in [9.17, 15) is 9.59 Å². The molecule has 1 amide bonds. The Morgan fingerprint density at radius 3 is 2.76 bits per heavy atom. The standard InChI is InChI=1S/C13H10N4O4/c1-7-10(13(19)20-2)8(5-14)12(21-7)17-11(18)9-6-15-3-4-16-9/h3-4,6H,1-2H3,(H,17,18). The third-order valence-corrected chi connectivity index (χ3v) is 2.61. The summed E-state index contributed by atoms with van der Waals surface area (Å²) >= 11 is 0. The van der Waals surface area contributed by atoms with E-state index in [0.29, 0.717) is 0 Å². The van der Waals surface area contributed by atoms with Gasteiger partial charge in [-0.05, 0) is 6.92 Å². The number of amides is 1. The number of ether oxygens (including phenoxy) is 1. The highest BCUT2D eigenvalue weighted by Crippen LogP contribution is 2.27. The molecule has 0 aliphatic rings. The number of anilines is 1. The van der Waals surface area contributed by atoms with Crippen LogP contribution in [-0.2, 0) is 4.74 Å². The van der Waals surface area contributed by atoms with Crippen molar-refractivity contribution in [1.29, 1.82) is 5.26 Å². The monoisotopic (exact) mass is 286 g/mol. The summed E-state index contributed by atoms with van der Waals surface area (Å²) in [7, 11) is 1.19. The van der Waals surface area contributed by atoms with Crippen molar-refractivity contribution in [3.63, 3.8) is 0 Å². The third-order valence-electron chi connectivity index (χ3n) is 2.61. The van der Waals surface area contributed by atoms with Crippen molar-refractivity contribution in [1.82, 2.24) is 9.97 Å². The van der Waals surface area contributed by atoms with E-state index >= 15 is 0 Å². The molecule has 0 spiro atoms. The summed E-state index contributed by atoms with van der Waals surface area (Å²) < 4.78 is 9.83. The van der Waals surface area contributed by atoms with E-state index in [0.717, 1.165) is 0 Å². The average Bonchev–Trinajstić information content (AvgIpc) is 2.82. The van der Waals surface area contributed by atoms with Crippen molar-refractivity contribution < 1.29 is 18.7 Å². The number of esters is 1. The van der Waals surface area contributed by atoms with Crippen LogP contribution >= 0.6 is 0 Å². The first-order chi connectivity index (χ1) is 10.1. The Labute approximate surface area is 119 Å². The van der Waals surface area contributed by atoms with E-state index in [1.165, 1.54) is 32.6 Å². The highest BCUT2D eigenvalue weighted by Gasteiger charge is 2.25. The highest BCUT2D eigenvalue weighted by molar-refractivity contribution is 6.04. The Balaban J connectivity index is 2.36. The number of nitrogens with one attached hydrogen (secondary N) is 1. The number of carbonyl (C=O) groups excluding carboxylic acids is 2. The predicted octanol–water partition coefficient (Wildman–Crippen LogP) is 1.29. The molecule has 106 valence electrons. The average molecular weight is 286 g/mol. The Morgan fingerprint density at radius 1 is 1.43 bits per heavy atom. The summed E-state index contributed by atoms with van der Waals surface area (Å²) in [4.78, 5) is 31.1. The molecule has 2 aromatic rings. The Bertz CT molecular complexity index is 731. The normalized spacial score (nSPS) is 9.76. The van der Waals surface area contributed by atoms with Crippen molar-refractivity contribution in [2.75, 3.05) is 12.4 Å². The van der Waals surface area contributed by atoms with Crippen LogP contribution in [0.1, 0.15) is 32.2 Å². The van der Waals surface area contributed by atoms with Gasteiger partial charge in [-0.15, -0.1) is 0 Å². The van der Waals surface area contributed by atoms with Gasteiger partial charge in [-0.2, -0.15) is 5.26 Å². The molecule has 0 atom stereocenters.